The predicted octanol–water partition coefficient (Wildman–Crippen LogP) is 4.19. The maximum atomic E-state index is 12.2. The molecule has 1 aromatic rings. The van der Waals surface area contributed by atoms with E-state index in [2.05, 4.69) is 21.2 Å². The van der Waals surface area contributed by atoms with Crippen LogP contribution in [0.25, 0.3) is 0 Å². The van der Waals surface area contributed by atoms with E-state index in [1.807, 2.05) is 51.1 Å². The van der Waals surface area contributed by atoms with Crippen molar-refractivity contribution in [2.45, 2.75) is 63.1 Å². The number of carbonyl (C=O) groups is 2. The van der Waals surface area contributed by atoms with Gasteiger partial charge < -0.3 is 14.8 Å². The van der Waals surface area contributed by atoms with Crippen molar-refractivity contribution in [1.82, 2.24) is 5.32 Å². The molecule has 1 aromatic carbocycles. The third-order valence-electron chi connectivity index (χ3n) is 4.06. The van der Waals surface area contributed by atoms with Crippen molar-refractivity contribution in [3.05, 3.63) is 35.9 Å². The first-order chi connectivity index (χ1) is 11.7. The topological polar surface area (TPSA) is 64.6 Å². The normalized spacial score (nSPS) is 21.4. The predicted molar refractivity (Wildman–Crippen MR) is 99.5 cm³/mol. The van der Waals surface area contributed by atoms with Crippen LogP contribution >= 0.6 is 15.9 Å². The SMILES string of the molecule is CC(C)(C)OC(=O)N[C@H]1CC[C@@H]([C@@H](Br)C(=O)OCc2ccccc2)C1. The minimum Gasteiger partial charge on any atom is -0.460 e. The first-order valence-electron chi connectivity index (χ1n) is 8.59. The Morgan fingerprint density at radius 2 is 1.92 bits per heavy atom. The number of nitrogens with one attached hydrogen (secondary N) is 1. The lowest BCUT2D eigenvalue weighted by atomic mass is 10.0. The Kier molecular flexibility index (Phi) is 6.87. The van der Waals surface area contributed by atoms with E-state index in [-0.39, 0.29) is 29.4 Å². The first kappa shape index (κ1) is 19.8. The Morgan fingerprint density at radius 3 is 2.56 bits per heavy atom. The molecule has 1 aliphatic carbocycles. The Hall–Kier alpha value is -1.56. The highest BCUT2D eigenvalue weighted by Gasteiger charge is 2.35. The zero-order valence-corrected chi connectivity index (χ0v) is 16.5. The summed E-state index contributed by atoms with van der Waals surface area (Å²) >= 11 is 3.47. The molecule has 2 rings (SSSR count). The van der Waals surface area contributed by atoms with Gasteiger partial charge in [0.2, 0.25) is 0 Å². The van der Waals surface area contributed by atoms with Crippen LogP contribution in [0.4, 0.5) is 4.79 Å². The van der Waals surface area contributed by atoms with E-state index in [9.17, 15) is 9.59 Å². The molecule has 138 valence electrons. The Balaban J connectivity index is 1.76. The molecule has 6 heteroatoms. The molecule has 0 saturated heterocycles. The average Bonchev–Trinajstić information content (AvgIpc) is 2.99. The number of hydrogen-bond donors (Lipinski definition) is 1. The zero-order valence-electron chi connectivity index (χ0n) is 15.0. The molecule has 5 nitrogen and oxygen atoms in total. The highest BCUT2D eigenvalue weighted by atomic mass is 79.9. The molecule has 0 bridgehead atoms. The molecule has 0 spiro atoms. The number of benzene rings is 1. The summed E-state index contributed by atoms with van der Waals surface area (Å²) in [7, 11) is 0. The number of esters is 1. The number of amides is 1. The monoisotopic (exact) mass is 411 g/mol. The number of hydrogen-bond acceptors (Lipinski definition) is 4. The summed E-state index contributed by atoms with van der Waals surface area (Å²) in [5.74, 6) is -0.116. The number of carbonyl (C=O) groups excluding carboxylic acids is 2. The second kappa shape index (κ2) is 8.70. The van der Waals surface area contributed by atoms with E-state index < -0.39 is 11.7 Å². The van der Waals surface area contributed by atoms with Crippen LogP contribution in [0.2, 0.25) is 0 Å². The number of alkyl carbamates (subject to hydrolysis) is 1. The van der Waals surface area contributed by atoms with Crippen molar-refractivity contribution >= 4 is 28.0 Å². The first-order valence-corrected chi connectivity index (χ1v) is 9.50. The fourth-order valence-corrected chi connectivity index (χ4v) is 3.50. The van der Waals surface area contributed by atoms with Crippen LogP contribution in [0.5, 0.6) is 0 Å². The summed E-state index contributed by atoms with van der Waals surface area (Å²) in [6.07, 6.45) is 2.01. The van der Waals surface area contributed by atoms with Crippen LogP contribution in [0, 0.1) is 5.92 Å². The Morgan fingerprint density at radius 1 is 1.24 bits per heavy atom. The van der Waals surface area contributed by atoms with E-state index in [0.29, 0.717) is 0 Å². The van der Waals surface area contributed by atoms with Gasteiger partial charge in [-0.1, -0.05) is 46.3 Å². The van der Waals surface area contributed by atoms with E-state index in [4.69, 9.17) is 9.47 Å². The van der Waals surface area contributed by atoms with Crippen molar-refractivity contribution in [1.29, 1.82) is 0 Å². The van der Waals surface area contributed by atoms with Crippen molar-refractivity contribution in [2.75, 3.05) is 0 Å². The third kappa shape index (κ3) is 6.69. The van der Waals surface area contributed by atoms with E-state index >= 15 is 0 Å². The number of alkyl halides is 1. The highest BCUT2D eigenvalue weighted by Crippen LogP contribution is 2.33. The molecule has 0 aromatic heterocycles. The van der Waals surface area contributed by atoms with Crippen LogP contribution in [0.3, 0.4) is 0 Å². The van der Waals surface area contributed by atoms with Gasteiger partial charge in [0, 0.05) is 6.04 Å². The zero-order chi connectivity index (χ0) is 18.4. The number of rotatable bonds is 5. The van der Waals surface area contributed by atoms with Crippen LogP contribution in [-0.4, -0.2) is 28.5 Å². The van der Waals surface area contributed by atoms with Gasteiger partial charge in [0.15, 0.2) is 0 Å². The van der Waals surface area contributed by atoms with Crippen molar-refractivity contribution < 1.29 is 19.1 Å². The minimum absolute atomic E-state index is 0.0295. The average molecular weight is 412 g/mol. The molecule has 1 amide bonds. The molecule has 1 N–H and O–H groups in total. The second-order valence-electron chi connectivity index (χ2n) is 7.41. The molecule has 0 heterocycles. The standard InChI is InChI=1S/C19H26BrNO4/c1-19(2,3)25-18(23)21-15-10-9-14(11-15)16(20)17(22)24-12-13-7-5-4-6-8-13/h4-8,14-16H,9-12H2,1-3H3,(H,21,23)/t14-,15+,16-/m1/s1. The maximum Gasteiger partial charge on any atom is 0.407 e. The molecule has 1 saturated carbocycles. The van der Waals surface area contributed by atoms with Crippen LogP contribution < -0.4 is 5.32 Å². The molecular formula is C19H26BrNO4. The van der Waals surface area contributed by atoms with Crippen LogP contribution in [-0.2, 0) is 20.9 Å². The van der Waals surface area contributed by atoms with E-state index in [0.717, 1.165) is 24.8 Å². The molecule has 1 fully saturated rings. The summed E-state index contributed by atoms with van der Waals surface area (Å²) < 4.78 is 10.7. The lowest BCUT2D eigenvalue weighted by molar-refractivity contribution is -0.145. The summed E-state index contributed by atoms with van der Waals surface area (Å²) in [5.41, 5.74) is 0.452. The van der Waals surface area contributed by atoms with E-state index in [1.54, 1.807) is 0 Å². The minimum atomic E-state index is -0.513. The molecule has 0 radical (unpaired) electrons. The number of ether oxygens (including phenoxy) is 2. The summed E-state index contributed by atoms with van der Waals surface area (Å²) in [5, 5.41) is 2.88. The smallest absolute Gasteiger partial charge is 0.407 e. The summed E-state index contributed by atoms with van der Waals surface area (Å²) in [6.45, 7) is 5.78. The van der Waals surface area contributed by atoms with Crippen molar-refractivity contribution in [3.8, 4) is 0 Å². The molecule has 25 heavy (non-hydrogen) atoms. The summed E-state index contributed by atoms with van der Waals surface area (Å²) in [6, 6.07) is 9.63. The quantitative estimate of drug-likeness (QED) is 0.582. The molecule has 1 aliphatic rings. The van der Waals surface area contributed by atoms with Gasteiger partial charge in [-0.25, -0.2) is 4.79 Å². The largest absolute Gasteiger partial charge is 0.460 e. The molecule has 0 unspecified atom stereocenters. The van der Waals surface area contributed by atoms with Crippen molar-refractivity contribution in [3.63, 3.8) is 0 Å². The van der Waals surface area contributed by atoms with Gasteiger partial charge in [0.25, 0.3) is 0 Å². The van der Waals surface area contributed by atoms with Gasteiger partial charge in [0.1, 0.15) is 17.0 Å². The fourth-order valence-electron chi connectivity index (χ4n) is 2.89. The third-order valence-corrected chi connectivity index (χ3v) is 5.18. The van der Waals surface area contributed by atoms with Gasteiger partial charge in [0.05, 0.1) is 0 Å². The van der Waals surface area contributed by atoms with Gasteiger partial charge in [-0.15, -0.1) is 0 Å². The molecular weight excluding hydrogens is 386 g/mol. The second-order valence-corrected chi connectivity index (χ2v) is 8.40. The van der Waals surface area contributed by atoms with Gasteiger partial charge in [-0.05, 0) is 51.5 Å². The van der Waals surface area contributed by atoms with Crippen LogP contribution in [0.1, 0.15) is 45.6 Å². The molecule has 3 atom stereocenters. The van der Waals surface area contributed by atoms with E-state index in [1.165, 1.54) is 0 Å². The fraction of sp³-hybridized carbons (Fsp3) is 0.579. The van der Waals surface area contributed by atoms with Gasteiger partial charge in [-0.3, -0.25) is 4.79 Å². The van der Waals surface area contributed by atoms with Gasteiger partial charge >= 0.3 is 12.1 Å². The van der Waals surface area contributed by atoms with Crippen molar-refractivity contribution in [2.24, 2.45) is 5.92 Å². The lowest BCUT2D eigenvalue weighted by Crippen LogP contribution is -2.38. The highest BCUT2D eigenvalue weighted by molar-refractivity contribution is 9.10. The molecule has 0 aliphatic heterocycles. The Bertz CT molecular complexity index is 585. The van der Waals surface area contributed by atoms with Gasteiger partial charge in [-0.2, -0.15) is 0 Å². The maximum absolute atomic E-state index is 12.2. The number of halogens is 1. The summed E-state index contributed by atoms with van der Waals surface area (Å²) in [4.78, 5) is 23.7. The Labute approximate surface area is 157 Å². The van der Waals surface area contributed by atoms with Crippen LogP contribution in [0.15, 0.2) is 30.3 Å². The lowest BCUT2D eigenvalue weighted by Gasteiger charge is -2.22.